The van der Waals surface area contributed by atoms with Gasteiger partial charge in [0.25, 0.3) is 0 Å². The van der Waals surface area contributed by atoms with Gasteiger partial charge in [0, 0.05) is 12.5 Å². The fraction of sp³-hybridized carbons (Fsp3) is 0.238. The second kappa shape index (κ2) is 9.90. The third kappa shape index (κ3) is 5.99. The minimum absolute atomic E-state index is 0.241. The molecule has 0 heterocycles. The molecule has 0 amide bonds. The van der Waals surface area contributed by atoms with Gasteiger partial charge < -0.3 is 14.2 Å². The Hall–Kier alpha value is -3.26. The Balaban J connectivity index is 1.83. The normalized spacial score (nSPS) is 10.3. The van der Waals surface area contributed by atoms with Crippen LogP contribution in [0.25, 0.3) is 6.08 Å². The highest BCUT2D eigenvalue weighted by atomic mass is 16.6. The van der Waals surface area contributed by atoms with Crippen LogP contribution in [0.2, 0.25) is 0 Å². The maximum atomic E-state index is 12.0. The smallest absolute Gasteiger partial charge is 0.311 e. The number of allylic oxidation sites excluding steroid dienone is 1. The number of nitriles is 1. The van der Waals surface area contributed by atoms with Crippen LogP contribution in [0.3, 0.4) is 0 Å². The molecule has 0 N–H and O–H groups in total. The van der Waals surface area contributed by atoms with Crippen LogP contribution in [0, 0.1) is 18.3 Å². The van der Waals surface area contributed by atoms with Crippen LogP contribution < -0.4 is 14.2 Å². The molecule has 26 heavy (non-hydrogen) atoms. The lowest BCUT2D eigenvalue weighted by molar-refractivity contribution is -0.134. The summed E-state index contributed by atoms with van der Waals surface area (Å²) in [6.45, 7) is 2.44. The summed E-state index contributed by atoms with van der Waals surface area (Å²) < 4.78 is 16.2. The summed E-state index contributed by atoms with van der Waals surface area (Å²) in [4.78, 5) is 12.0. The molecule has 5 nitrogen and oxygen atoms in total. The molecule has 0 unspecified atom stereocenters. The largest absolute Gasteiger partial charge is 0.494 e. The number of methoxy groups -OCH3 is 1. The van der Waals surface area contributed by atoms with Crippen molar-refractivity contribution >= 4 is 12.0 Å². The first-order chi connectivity index (χ1) is 12.6. The molecule has 0 fully saturated rings. The lowest BCUT2D eigenvalue weighted by atomic mass is 10.2. The number of carbonyl (C=O) groups is 1. The van der Waals surface area contributed by atoms with Crippen LogP contribution in [-0.4, -0.2) is 19.7 Å². The molecular weight excluding hydrogens is 330 g/mol. The van der Waals surface area contributed by atoms with E-state index in [9.17, 15) is 4.79 Å². The second-order valence-corrected chi connectivity index (χ2v) is 5.62. The molecule has 2 aromatic carbocycles. The van der Waals surface area contributed by atoms with Crippen LogP contribution in [0.4, 0.5) is 0 Å². The van der Waals surface area contributed by atoms with Gasteiger partial charge in [-0.15, -0.1) is 0 Å². The molecule has 0 saturated heterocycles. The first-order valence-electron chi connectivity index (χ1n) is 8.26. The predicted molar refractivity (Wildman–Crippen MR) is 99.2 cm³/mol. The zero-order chi connectivity index (χ0) is 18.8. The van der Waals surface area contributed by atoms with E-state index in [1.807, 2.05) is 37.3 Å². The van der Waals surface area contributed by atoms with Crippen molar-refractivity contribution in [1.82, 2.24) is 0 Å². The first-order valence-corrected chi connectivity index (χ1v) is 8.26. The van der Waals surface area contributed by atoms with Crippen molar-refractivity contribution in [2.75, 3.05) is 13.7 Å². The number of rotatable bonds is 8. The summed E-state index contributed by atoms with van der Waals surface area (Å²) in [5.41, 5.74) is 1.91. The van der Waals surface area contributed by atoms with Gasteiger partial charge in [0.05, 0.1) is 19.8 Å². The topological polar surface area (TPSA) is 68.5 Å². The average Bonchev–Trinajstić information content (AvgIpc) is 2.64. The number of aryl methyl sites for hydroxylation is 1. The fourth-order valence-electron chi connectivity index (χ4n) is 2.29. The van der Waals surface area contributed by atoms with Crippen molar-refractivity contribution < 1.29 is 19.0 Å². The third-order valence-electron chi connectivity index (χ3n) is 3.55. The Labute approximate surface area is 153 Å². The van der Waals surface area contributed by atoms with E-state index in [-0.39, 0.29) is 12.4 Å². The number of benzene rings is 2. The summed E-state index contributed by atoms with van der Waals surface area (Å²) >= 11 is 0. The molecule has 0 aliphatic heterocycles. The molecule has 134 valence electrons. The average molecular weight is 351 g/mol. The summed E-state index contributed by atoms with van der Waals surface area (Å²) in [7, 11) is 1.50. The van der Waals surface area contributed by atoms with Crippen molar-refractivity contribution in [2.24, 2.45) is 0 Å². The Morgan fingerprint density at radius 2 is 2.04 bits per heavy atom. The lowest BCUT2D eigenvalue weighted by Gasteiger charge is -2.10. The summed E-state index contributed by atoms with van der Waals surface area (Å²) in [6, 6.07) is 14.8. The van der Waals surface area contributed by atoms with Gasteiger partial charge in [0.1, 0.15) is 5.75 Å². The lowest BCUT2D eigenvalue weighted by Crippen LogP contribution is -2.10. The number of hydrogen-bond donors (Lipinski definition) is 0. The third-order valence-corrected chi connectivity index (χ3v) is 3.55. The van der Waals surface area contributed by atoms with Crippen molar-refractivity contribution in [3.05, 3.63) is 59.7 Å². The summed E-state index contributed by atoms with van der Waals surface area (Å²) in [5.74, 6) is 1.23. The number of esters is 1. The highest BCUT2D eigenvalue weighted by Crippen LogP contribution is 2.29. The summed E-state index contributed by atoms with van der Waals surface area (Å²) in [6.07, 6.45) is 3.81. The van der Waals surface area contributed by atoms with Crippen molar-refractivity contribution in [3.8, 4) is 23.3 Å². The summed E-state index contributed by atoms with van der Waals surface area (Å²) in [5, 5.41) is 8.57. The van der Waals surface area contributed by atoms with Gasteiger partial charge >= 0.3 is 5.97 Å². The zero-order valence-electron chi connectivity index (χ0n) is 14.9. The molecule has 0 saturated carbocycles. The van der Waals surface area contributed by atoms with Crippen LogP contribution in [0.1, 0.15) is 24.0 Å². The molecule has 0 spiro atoms. The van der Waals surface area contributed by atoms with Gasteiger partial charge in [-0.25, -0.2) is 0 Å². The van der Waals surface area contributed by atoms with Crippen LogP contribution in [0.15, 0.2) is 48.5 Å². The molecule has 0 atom stereocenters. The Morgan fingerprint density at radius 1 is 1.19 bits per heavy atom. The highest BCUT2D eigenvalue weighted by molar-refractivity contribution is 5.73. The van der Waals surface area contributed by atoms with E-state index in [0.29, 0.717) is 24.5 Å². The van der Waals surface area contributed by atoms with Gasteiger partial charge in [-0.05, 0) is 54.8 Å². The van der Waals surface area contributed by atoms with E-state index < -0.39 is 0 Å². The first kappa shape index (κ1) is 19.1. The van der Waals surface area contributed by atoms with Crippen molar-refractivity contribution in [1.29, 1.82) is 5.26 Å². The molecule has 0 aliphatic carbocycles. The van der Waals surface area contributed by atoms with E-state index in [4.69, 9.17) is 19.5 Å². The molecule has 0 radical (unpaired) electrons. The monoisotopic (exact) mass is 351 g/mol. The Bertz CT molecular complexity index is 821. The molecule has 2 rings (SSSR count). The molecular formula is C21H21NO4. The van der Waals surface area contributed by atoms with Gasteiger partial charge in [-0.1, -0.05) is 18.2 Å². The minimum Gasteiger partial charge on any atom is -0.494 e. The maximum absolute atomic E-state index is 12.0. The van der Waals surface area contributed by atoms with Crippen molar-refractivity contribution in [3.63, 3.8) is 0 Å². The molecule has 5 heteroatoms. The second-order valence-electron chi connectivity index (χ2n) is 5.62. The van der Waals surface area contributed by atoms with E-state index >= 15 is 0 Å². The number of carbonyl (C=O) groups excluding carboxylic acids is 1. The SMILES string of the molecule is COc1cc(/C=C\C#N)ccc1OC(=O)CCCOc1cccc(C)c1. The number of hydrogen-bond acceptors (Lipinski definition) is 5. The highest BCUT2D eigenvalue weighted by Gasteiger charge is 2.10. The zero-order valence-corrected chi connectivity index (χ0v) is 14.9. The van der Waals surface area contributed by atoms with Crippen LogP contribution in [0.5, 0.6) is 17.2 Å². The van der Waals surface area contributed by atoms with Gasteiger partial charge in [-0.3, -0.25) is 4.79 Å². The maximum Gasteiger partial charge on any atom is 0.311 e. The van der Waals surface area contributed by atoms with E-state index in [2.05, 4.69) is 0 Å². The number of nitrogens with zero attached hydrogens (tertiary/aromatic N) is 1. The van der Waals surface area contributed by atoms with E-state index in [0.717, 1.165) is 16.9 Å². The van der Waals surface area contributed by atoms with Crippen molar-refractivity contribution in [2.45, 2.75) is 19.8 Å². The Morgan fingerprint density at radius 3 is 2.77 bits per heavy atom. The minimum atomic E-state index is -0.351. The van der Waals surface area contributed by atoms with Gasteiger partial charge in [0.15, 0.2) is 11.5 Å². The quantitative estimate of drug-likeness (QED) is 0.307. The van der Waals surface area contributed by atoms with E-state index in [1.54, 1.807) is 24.3 Å². The standard InChI is InChI=1S/C21H21NO4/c1-16-6-3-8-18(14-16)25-13-5-9-21(23)26-19-11-10-17(7-4-12-22)15-20(19)24-2/h3-4,6-8,10-11,14-15H,5,9,13H2,1-2H3/b7-4-. The molecule has 0 aliphatic rings. The van der Waals surface area contributed by atoms with Crippen LogP contribution in [-0.2, 0) is 4.79 Å². The number of ether oxygens (including phenoxy) is 3. The Kier molecular flexibility index (Phi) is 7.26. The van der Waals surface area contributed by atoms with Gasteiger partial charge in [-0.2, -0.15) is 5.26 Å². The fourth-order valence-corrected chi connectivity index (χ4v) is 2.29. The molecule has 0 bridgehead atoms. The molecule has 2 aromatic rings. The molecule has 0 aromatic heterocycles. The predicted octanol–water partition coefficient (Wildman–Crippen LogP) is 4.31. The van der Waals surface area contributed by atoms with E-state index in [1.165, 1.54) is 13.2 Å². The van der Waals surface area contributed by atoms with Crippen LogP contribution >= 0.6 is 0 Å². The van der Waals surface area contributed by atoms with Gasteiger partial charge in [0.2, 0.25) is 0 Å².